The lowest BCUT2D eigenvalue weighted by Crippen LogP contribution is -1.99. The molecule has 0 amide bonds. The summed E-state index contributed by atoms with van der Waals surface area (Å²) >= 11 is 0. The molecule has 0 bridgehead atoms. The molecule has 1 unspecified atom stereocenters. The van der Waals surface area contributed by atoms with Crippen LogP contribution >= 0.6 is 0 Å². The molecule has 0 aromatic carbocycles. The molecule has 0 spiro atoms. The minimum Gasteiger partial charge on any atom is -0.389 e. The molecule has 58 valence electrons. The summed E-state index contributed by atoms with van der Waals surface area (Å²) in [6.45, 7) is 7.65. The standard InChI is InChI=1S/C9H16O/c1-4-5-9(10)7-6-8(2)3/h6-7,9-10H,2,4-5H2,1,3H3/b7-6-. The van der Waals surface area contributed by atoms with Gasteiger partial charge in [-0.25, -0.2) is 0 Å². The van der Waals surface area contributed by atoms with Crippen molar-refractivity contribution in [3.8, 4) is 0 Å². The Morgan fingerprint density at radius 3 is 2.70 bits per heavy atom. The molecule has 10 heavy (non-hydrogen) atoms. The Labute approximate surface area is 63.1 Å². The topological polar surface area (TPSA) is 20.2 Å². The van der Waals surface area contributed by atoms with Crippen molar-refractivity contribution in [1.29, 1.82) is 0 Å². The molecular weight excluding hydrogens is 124 g/mol. The third kappa shape index (κ3) is 5.57. The summed E-state index contributed by atoms with van der Waals surface area (Å²) in [6, 6.07) is 0. The van der Waals surface area contributed by atoms with Crippen LogP contribution in [0.3, 0.4) is 0 Å². The molecule has 0 saturated carbocycles. The van der Waals surface area contributed by atoms with Crippen molar-refractivity contribution in [2.45, 2.75) is 32.8 Å². The zero-order chi connectivity index (χ0) is 7.98. The van der Waals surface area contributed by atoms with E-state index >= 15 is 0 Å². The molecule has 0 aromatic rings. The number of rotatable bonds is 4. The predicted octanol–water partition coefficient (Wildman–Crippen LogP) is 2.28. The molecule has 0 aromatic heterocycles. The summed E-state index contributed by atoms with van der Waals surface area (Å²) in [4.78, 5) is 0. The average Bonchev–Trinajstić information content (AvgIpc) is 1.85. The molecule has 0 aliphatic heterocycles. The third-order valence-electron chi connectivity index (χ3n) is 1.19. The Morgan fingerprint density at radius 2 is 2.30 bits per heavy atom. The van der Waals surface area contributed by atoms with E-state index in [1.54, 1.807) is 6.08 Å². The highest BCUT2D eigenvalue weighted by Gasteiger charge is 1.93. The summed E-state index contributed by atoms with van der Waals surface area (Å²) in [5, 5.41) is 9.17. The van der Waals surface area contributed by atoms with Gasteiger partial charge in [0.15, 0.2) is 0 Å². The molecule has 1 N–H and O–H groups in total. The van der Waals surface area contributed by atoms with Crippen molar-refractivity contribution >= 4 is 0 Å². The Hall–Kier alpha value is -0.560. The molecule has 1 heteroatoms. The summed E-state index contributed by atoms with van der Waals surface area (Å²) in [6.07, 6.45) is 5.19. The molecule has 0 radical (unpaired) electrons. The van der Waals surface area contributed by atoms with E-state index in [1.165, 1.54) is 0 Å². The summed E-state index contributed by atoms with van der Waals surface area (Å²) in [5.41, 5.74) is 0.982. The van der Waals surface area contributed by atoms with E-state index in [9.17, 15) is 5.11 Å². The minimum atomic E-state index is -0.290. The SMILES string of the molecule is C=C(C)/C=C\C(O)CCC. The first-order valence-electron chi connectivity index (χ1n) is 3.68. The van der Waals surface area contributed by atoms with E-state index in [0.717, 1.165) is 18.4 Å². The van der Waals surface area contributed by atoms with Crippen LogP contribution in [-0.4, -0.2) is 11.2 Å². The second-order valence-corrected chi connectivity index (χ2v) is 2.56. The number of allylic oxidation sites excluding steroid dienone is 2. The van der Waals surface area contributed by atoms with E-state index < -0.39 is 0 Å². The Balaban J connectivity index is 3.55. The number of hydrogen-bond donors (Lipinski definition) is 1. The van der Waals surface area contributed by atoms with E-state index in [0.29, 0.717) is 0 Å². The zero-order valence-corrected chi connectivity index (χ0v) is 6.80. The molecule has 1 atom stereocenters. The highest BCUT2D eigenvalue weighted by molar-refractivity contribution is 5.12. The largest absolute Gasteiger partial charge is 0.389 e. The Bertz CT molecular complexity index is 125. The lowest BCUT2D eigenvalue weighted by atomic mass is 10.2. The van der Waals surface area contributed by atoms with Crippen LogP contribution in [0.1, 0.15) is 26.7 Å². The maximum absolute atomic E-state index is 9.17. The van der Waals surface area contributed by atoms with E-state index in [1.807, 2.05) is 13.0 Å². The number of aliphatic hydroxyl groups is 1. The van der Waals surface area contributed by atoms with Crippen molar-refractivity contribution in [2.75, 3.05) is 0 Å². The van der Waals surface area contributed by atoms with Gasteiger partial charge in [0.1, 0.15) is 0 Å². The lowest BCUT2D eigenvalue weighted by molar-refractivity contribution is 0.211. The lowest BCUT2D eigenvalue weighted by Gasteiger charge is -2.00. The van der Waals surface area contributed by atoms with Gasteiger partial charge in [0.25, 0.3) is 0 Å². The van der Waals surface area contributed by atoms with Crippen molar-refractivity contribution in [3.63, 3.8) is 0 Å². The van der Waals surface area contributed by atoms with Crippen molar-refractivity contribution in [1.82, 2.24) is 0 Å². The average molecular weight is 140 g/mol. The molecule has 1 nitrogen and oxygen atoms in total. The summed E-state index contributed by atoms with van der Waals surface area (Å²) in [5.74, 6) is 0. The highest BCUT2D eigenvalue weighted by Crippen LogP contribution is 1.99. The zero-order valence-electron chi connectivity index (χ0n) is 6.80. The van der Waals surface area contributed by atoms with E-state index in [4.69, 9.17) is 0 Å². The fraction of sp³-hybridized carbons (Fsp3) is 0.556. The van der Waals surface area contributed by atoms with Crippen LogP contribution in [0, 0.1) is 0 Å². The maximum Gasteiger partial charge on any atom is 0.0723 e. The highest BCUT2D eigenvalue weighted by atomic mass is 16.3. The van der Waals surface area contributed by atoms with Gasteiger partial charge in [-0.3, -0.25) is 0 Å². The normalized spacial score (nSPS) is 13.9. The van der Waals surface area contributed by atoms with Gasteiger partial charge in [-0.05, 0) is 13.3 Å². The quantitative estimate of drug-likeness (QED) is 0.594. The molecule has 0 fully saturated rings. The van der Waals surface area contributed by atoms with Gasteiger partial charge >= 0.3 is 0 Å². The van der Waals surface area contributed by atoms with Gasteiger partial charge in [-0.15, -0.1) is 0 Å². The fourth-order valence-corrected chi connectivity index (χ4v) is 0.667. The number of hydrogen-bond acceptors (Lipinski definition) is 1. The first-order chi connectivity index (χ1) is 4.66. The van der Waals surface area contributed by atoms with E-state index in [-0.39, 0.29) is 6.10 Å². The van der Waals surface area contributed by atoms with Crippen LogP contribution in [0.15, 0.2) is 24.3 Å². The van der Waals surface area contributed by atoms with Gasteiger partial charge < -0.3 is 5.11 Å². The summed E-state index contributed by atoms with van der Waals surface area (Å²) in [7, 11) is 0. The van der Waals surface area contributed by atoms with Crippen molar-refractivity contribution in [3.05, 3.63) is 24.3 Å². The van der Waals surface area contributed by atoms with Crippen LogP contribution < -0.4 is 0 Å². The van der Waals surface area contributed by atoms with Crippen LogP contribution in [0.5, 0.6) is 0 Å². The Morgan fingerprint density at radius 1 is 1.70 bits per heavy atom. The second kappa shape index (κ2) is 5.24. The fourth-order valence-electron chi connectivity index (χ4n) is 0.667. The van der Waals surface area contributed by atoms with Crippen molar-refractivity contribution < 1.29 is 5.11 Å². The van der Waals surface area contributed by atoms with Gasteiger partial charge in [-0.1, -0.05) is 37.6 Å². The van der Waals surface area contributed by atoms with Crippen LogP contribution in [0.4, 0.5) is 0 Å². The smallest absolute Gasteiger partial charge is 0.0723 e. The van der Waals surface area contributed by atoms with Crippen LogP contribution in [-0.2, 0) is 0 Å². The molecule has 0 aliphatic carbocycles. The van der Waals surface area contributed by atoms with Crippen LogP contribution in [0.2, 0.25) is 0 Å². The van der Waals surface area contributed by atoms with Gasteiger partial charge in [0.2, 0.25) is 0 Å². The summed E-state index contributed by atoms with van der Waals surface area (Å²) < 4.78 is 0. The van der Waals surface area contributed by atoms with Gasteiger partial charge in [0, 0.05) is 0 Å². The van der Waals surface area contributed by atoms with E-state index in [2.05, 4.69) is 13.5 Å². The first-order valence-corrected chi connectivity index (χ1v) is 3.68. The van der Waals surface area contributed by atoms with Gasteiger partial charge in [0.05, 0.1) is 6.10 Å². The predicted molar refractivity (Wildman–Crippen MR) is 44.9 cm³/mol. The molecule has 0 rings (SSSR count). The monoisotopic (exact) mass is 140 g/mol. The molecule has 0 aliphatic rings. The number of aliphatic hydroxyl groups excluding tert-OH is 1. The maximum atomic E-state index is 9.17. The molecule has 0 saturated heterocycles. The van der Waals surface area contributed by atoms with Gasteiger partial charge in [-0.2, -0.15) is 0 Å². The second-order valence-electron chi connectivity index (χ2n) is 2.56. The minimum absolute atomic E-state index is 0.290. The third-order valence-corrected chi connectivity index (χ3v) is 1.19. The van der Waals surface area contributed by atoms with Crippen LogP contribution in [0.25, 0.3) is 0 Å². The molecule has 0 heterocycles. The van der Waals surface area contributed by atoms with Crippen molar-refractivity contribution in [2.24, 2.45) is 0 Å². The Kier molecular flexibility index (Phi) is 4.95. The first kappa shape index (κ1) is 9.44. The molecular formula is C9H16O.